The molecule has 0 spiro atoms. The molecule has 2 aromatic heterocycles. The fourth-order valence-corrected chi connectivity index (χ4v) is 2.14. The van der Waals surface area contributed by atoms with Gasteiger partial charge in [-0.2, -0.15) is 0 Å². The summed E-state index contributed by atoms with van der Waals surface area (Å²) in [6.07, 6.45) is 3.29. The van der Waals surface area contributed by atoms with E-state index in [1.54, 1.807) is 6.33 Å². The lowest BCUT2D eigenvalue weighted by atomic mass is 10.3. The molecule has 1 aromatic carbocycles. The first-order chi connectivity index (χ1) is 10.8. The Labute approximate surface area is 127 Å². The van der Waals surface area contributed by atoms with Crippen LogP contribution in [0.25, 0.3) is 11.2 Å². The number of aryl methyl sites for hydroxylation is 1. The average Bonchev–Trinajstić information content (AvgIpc) is 2.98. The Kier molecular flexibility index (Phi) is 4.15. The van der Waals surface area contributed by atoms with Crippen molar-refractivity contribution >= 4 is 22.7 Å². The van der Waals surface area contributed by atoms with Crippen LogP contribution in [0, 0.1) is 0 Å². The van der Waals surface area contributed by atoms with E-state index in [4.69, 9.17) is 9.84 Å². The summed E-state index contributed by atoms with van der Waals surface area (Å²) >= 11 is 0. The van der Waals surface area contributed by atoms with Crippen LogP contribution in [0.3, 0.4) is 0 Å². The minimum Gasteiger partial charge on any atom is -0.491 e. The van der Waals surface area contributed by atoms with Gasteiger partial charge in [0.25, 0.3) is 0 Å². The lowest BCUT2D eigenvalue weighted by Crippen LogP contribution is -2.01. The second-order valence-electron chi connectivity index (χ2n) is 4.65. The van der Waals surface area contributed by atoms with E-state index in [-0.39, 0.29) is 13.2 Å². The average molecular weight is 299 g/mol. The van der Waals surface area contributed by atoms with Gasteiger partial charge in [0.15, 0.2) is 17.0 Å². The molecule has 0 aliphatic carbocycles. The number of nitrogens with one attached hydrogen (secondary N) is 1. The first kappa shape index (κ1) is 14.3. The molecule has 0 fully saturated rings. The highest BCUT2D eigenvalue weighted by molar-refractivity contribution is 5.85. The van der Waals surface area contributed by atoms with Gasteiger partial charge in [-0.05, 0) is 31.2 Å². The number of aromatic nitrogens is 4. The summed E-state index contributed by atoms with van der Waals surface area (Å²) in [7, 11) is 0. The molecular formula is C15H17N5O2. The first-order valence-electron chi connectivity index (χ1n) is 7.08. The molecule has 0 saturated heterocycles. The van der Waals surface area contributed by atoms with Gasteiger partial charge in [0.05, 0.1) is 12.9 Å². The van der Waals surface area contributed by atoms with Crippen molar-refractivity contribution < 1.29 is 9.84 Å². The standard InChI is InChI=1S/C15H17N5O2/c1-2-20-10-18-13-14(16-9-17-15(13)20)19-11-3-5-12(6-4-11)22-8-7-21/h3-6,9-10,21H,2,7-8H2,1H3,(H,16,17,19). The third kappa shape index (κ3) is 2.84. The molecule has 7 heteroatoms. The zero-order valence-corrected chi connectivity index (χ0v) is 12.2. The third-order valence-electron chi connectivity index (χ3n) is 3.22. The number of fused-ring (bicyclic) bond motifs is 1. The number of anilines is 2. The van der Waals surface area contributed by atoms with Gasteiger partial charge in [0.2, 0.25) is 0 Å². The van der Waals surface area contributed by atoms with Gasteiger partial charge in [-0.15, -0.1) is 0 Å². The van der Waals surface area contributed by atoms with Crippen molar-refractivity contribution in [2.75, 3.05) is 18.5 Å². The quantitative estimate of drug-likeness (QED) is 0.724. The summed E-state index contributed by atoms with van der Waals surface area (Å²) in [6, 6.07) is 7.44. The summed E-state index contributed by atoms with van der Waals surface area (Å²) < 4.78 is 7.30. The van der Waals surface area contributed by atoms with Crippen molar-refractivity contribution in [3.05, 3.63) is 36.9 Å². The van der Waals surface area contributed by atoms with Gasteiger partial charge in [0.1, 0.15) is 18.7 Å². The van der Waals surface area contributed by atoms with E-state index in [2.05, 4.69) is 20.3 Å². The van der Waals surface area contributed by atoms with E-state index >= 15 is 0 Å². The number of nitrogens with zero attached hydrogens (tertiary/aromatic N) is 4. The Morgan fingerprint density at radius 2 is 2.00 bits per heavy atom. The fourth-order valence-electron chi connectivity index (χ4n) is 2.14. The Balaban J connectivity index is 1.82. The van der Waals surface area contributed by atoms with Crippen molar-refractivity contribution in [1.82, 2.24) is 19.5 Å². The molecule has 0 radical (unpaired) electrons. The molecule has 2 heterocycles. The van der Waals surface area contributed by atoms with Crippen LogP contribution in [0.5, 0.6) is 5.75 Å². The lowest BCUT2D eigenvalue weighted by Gasteiger charge is -2.08. The van der Waals surface area contributed by atoms with Crippen LogP contribution in [0.4, 0.5) is 11.5 Å². The predicted octanol–water partition coefficient (Wildman–Crippen LogP) is 1.96. The minimum atomic E-state index is -0.000986. The summed E-state index contributed by atoms with van der Waals surface area (Å²) in [5, 5.41) is 12.0. The molecule has 0 amide bonds. The fraction of sp³-hybridized carbons (Fsp3) is 0.267. The summed E-state index contributed by atoms with van der Waals surface area (Å²) in [4.78, 5) is 12.9. The minimum absolute atomic E-state index is 0.000986. The maximum absolute atomic E-state index is 8.74. The van der Waals surface area contributed by atoms with Crippen molar-refractivity contribution in [3.63, 3.8) is 0 Å². The van der Waals surface area contributed by atoms with E-state index < -0.39 is 0 Å². The number of aliphatic hydroxyl groups excluding tert-OH is 1. The maximum atomic E-state index is 8.74. The Morgan fingerprint density at radius 1 is 1.18 bits per heavy atom. The number of aliphatic hydroxyl groups is 1. The zero-order valence-electron chi connectivity index (χ0n) is 12.2. The smallest absolute Gasteiger partial charge is 0.165 e. The lowest BCUT2D eigenvalue weighted by molar-refractivity contribution is 0.201. The third-order valence-corrected chi connectivity index (χ3v) is 3.22. The second-order valence-corrected chi connectivity index (χ2v) is 4.65. The van der Waals surface area contributed by atoms with E-state index in [0.717, 1.165) is 23.4 Å². The molecular weight excluding hydrogens is 282 g/mol. The van der Waals surface area contributed by atoms with Gasteiger partial charge in [0, 0.05) is 12.2 Å². The first-order valence-corrected chi connectivity index (χ1v) is 7.08. The van der Waals surface area contributed by atoms with Gasteiger partial charge in [-0.3, -0.25) is 0 Å². The number of rotatable bonds is 6. The molecule has 0 unspecified atom stereocenters. The van der Waals surface area contributed by atoms with Crippen molar-refractivity contribution in [3.8, 4) is 5.75 Å². The van der Waals surface area contributed by atoms with E-state index in [1.807, 2.05) is 35.8 Å². The van der Waals surface area contributed by atoms with Crippen LogP contribution < -0.4 is 10.1 Å². The van der Waals surface area contributed by atoms with Crippen molar-refractivity contribution in [1.29, 1.82) is 0 Å². The van der Waals surface area contributed by atoms with Gasteiger partial charge < -0.3 is 19.7 Å². The topological polar surface area (TPSA) is 85.1 Å². The summed E-state index contributed by atoms with van der Waals surface area (Å²) in [5.74, 6) is 1.38. The maximum Gasteiger partial charge on any atom is 0.165 e. The van der Waals surface area contributed by atoms with Gasteiger partial charge in [-0.25, -0.2) is 15.0 Å². The normalized spacial score (nSPS) is 10.8. The van der Waals surface area contributed by atoms with Crippen LogP contribution in [-0.4, -0.2) is 37.8 Å². The van der Waals surface area contributed by atoms with Crippen LogP contribution in [-0.2, 0) is 6.54 Å². The van der Waals surface area contributed by atoms with Crippen LogP contribution in [0.1, 0.15) is 6.92 Å². The SMILES string of the molecule is CCn1cnc2c(Nc3ccc(OCCO)cc3)ncnc21. The number of imidazole rings is 1. The van der Waals surface area contributed by atoms with E-state index in [1.165, 1.54) is 6.33 Å². The number of hydrogen-bond donors (Lipinski definition) is 2. The van der Waals surface area contributed by atoms with Crippen molar-refractivity contribution in [2.45, 2.75) is 13.5 Å². The Bertz CT molecular complexity index is 754. The van der Waals surface area contributed by atoms with Crippen molar-refractivity contribution in [2.24, 2.45) is 0 Å². The molecule has 0 aliphatic heterocycles. The highest BCUT2D eigenvalue weighted by Crippen LogP contribution is 2.23. The van der Waals surface area contributed by atoms with Gasteiger partial charge in [-0.1, -0.05) is 0 Å². The monoisotopic (exact) mass is 299 g/mol. The molecule has 3 rings (SSSR count). The highest BCUT2D eigenvalue weighted by Gasteiger charge is 2.09. The summed E-state index contributed by atoms with van der Waals surface area (Å²) in [6.45, 7) is 3.14. The molecule has 0 bridgehead atoms. The van der Waals surface area contributed by atoms with Crippen LogP contribution >= 0.6 is 0 Å². The van der Waals surface area contributed by atoms with E-state index in [9.17, 15) is 0 Å². The molecule has 0 saturated carbocycles. The largest absolute Gasteiger partial charge is 0.491 e. The predicted molar refractivity (Wildman–Crippen MR) is 83.3 cm³/mol. The number of benzene rings is 1. The van der Waals surface area contributed by atoms with Crippen LogP contribution in [0.15, 0.2) is 36.9 Å². The molecule has 3 aromatic rings. The highest BCUT2D eigenvalue weighted by atomic mass is 16.5. The molecule has 0 atom stereocenters. The van der Waals surface area contributed by atoms with Crippen LogP contribution in [0.2, 0.25) is 0 Å². The second kappa shape index (κ2) is 6.40. The Morgan fingerprint density at radius 3 is 2.73 bits per heavy atom. The number of ether oxygens (including phenoxy) is 1. The molecule has 7 nitrogen and oxygen atoms in total. The van der Waals surface area contributed by atoms with E-state index in [0.29, 0.717) is 11.6 Å². The molecule has 114 valence electrons. The molecule has 2 N–H and O–H groups in total. The number of hydrogen-bond acceptors (Lipinski definition) is 6. The zero-order chi connectivity index (χ0) is 15.4. The molecule has 0 aliphatic rings. The molecule has 22 heavy (non-hydrogen) atoms. The Hall–Kier alpha value is -2.67. The summed E-state index contributed by atoms with van der Waals surface area (Å²) in [5.41, 5.74) is 2.43. The van der Waals surface area contributed by atoms with Gasteiger partial charge >= 0.3 is 0 Å².